The van der Waals surface area contributed by atoms with Gasteiger partial charge in [-0.1, -0.05) is 0 Å². The molecule has 3 radical (unpaired) electrons. The van der Waals surface area contributed by atoms with Crippen LogP contribution in [0, 0.1) is 78.1 Å². The van der Waals surface area contributed by atoms with Crippen molar-refractivity contribution in [3.63, 3.8) is 0 Å². The Bertz CT molecular complexity index is 17.7. The quantitative estimate of drug-likeness (QED) is 0.260. The van der Waals surface area contributed by atoms with Crippen molar-refractivity contribution in [2.24, 2.45) is 0 Å². The van der Waals surface area contributed by atoms with E-state index in [9.17, 15) is 0 Å². The van der Waals surface area contributed by atoms with Crippen LogP contribution in [0.15, 0.2) is 0 Å². The van der Waals surface area contributed by atoms with Gasteiger partial charge >= 0.3 is 70.0 Å². The van der Waals surface area contributed by atoms with E-state index in [2.05, 4.69) is 0 Å². The molecule has 0 bridgehead atoms. The second kappa shape index (κ2) is 40.1. The van der Waals surface area contributed by atoms with Gasteiger partial charge in [0, 0.05) is 115 Å². The van der Waals surface area contributed by atoms with Gasteiger partial charge in [0.15, 0.2) is 0 Å². The van der Waals surface area contributed by atoms with E-state index in [0.717, 1.165) is 0 Å². The van der Waals surface area contributed by atoms with Crippen molar-refractivity contribution >= 4 is 70.0 Å². The van der Waals surface area contributed by atoms with Gasteiger partial charge in [0.1, 0.15) is 0 Å². The van der Waals surface area contributed by atoms with E-state index in [0.29, 0.717) is 0 Å². The van der Waals surface area contributed by atoms with Gasteiger partial charge in [0.05, 0.1) is 0 Å². The minimum absolute atomic E-state index is 0. The van der Waals surface area contributed by atoms with Crippen molar-refractivity contribution in [1.82, 2.24) is 0 Å². The van der Waals surface area contributed by atoms with Crippen LogP contribution in [-0.4, -0.2) is 70.0 Å². The van der Waals surface area contributed by atoms with Crippen LogP contribution in [0.3, 0.4) is 0 Å². The van der Waals surface area contributed by atoms with Crippen LogP contribution >= 0.6 is 0 Å². The number of rotatable bonds is 0. The zero-order chi connectivity index (χ0) is 0. The van der Waals surface area contributed by atoms with Crippen molar-refractivity contribution in [1.29, 1.82) is 0 Å². The zero-order valence-electron chi connectivity index (χ0n) is 2.46. The van der Waals surface area contributed by atoms with Gasteiger partial charge in [-0.15, -0.1) is 0 Å². The summed E-state index contributed by atoms with van der Waals surface area (Å²) < 4.78 is 0. The number of hydrogen-bond donors (Lipinski definition) is 0. The zero-order valence-corrected chi connectivity index (χ0v) is 14.9. The molecule has 0 rings (SSSR count). The third kappa shape index (κ3) is 33.2. The molecule has 0 fully saturated rings. The first kappa shape index (κ1) is 51.7. The third-order valence-electron chi connectivity index (χ3n) is 0. The molecule has 0 saturated carbocycles. The molecule has 0 aromatic heterocycles. The molecule has 0 amide bonds. The fourth-order valence-corrected chi connectivity index (χ4v) is 0. The Hall–Kier alpha value is 6.07. The normalized spacial score (nSPS) is 0. The molecular weight excluding hydrogens is 607 g/mol. The van der Waals surface area contributed by atoms with Gasteiger partial charge in [-0.2, -0.15) is 0 Å². The van der Waals surface area contributed by atoms with Crippen LogP contribution in [0.25, 0.3) is 0 Å². The molecule has 0 aromatic carbocycles. The summed E-state index contributed by atoms with van der Waals surface area (Å²) in [5.74, 6) is 0. The summed E-state index contributed by atoms with van der Waals surface area (Å²) in [4.78, 5) is 0. The third-order valence-corrected chi connectivity index (χ3v) is 0. The predicted octanol–water partition coefficient (Wildman–Crippen LogP) is -2.75. The molecule has 7 heavy (non-hydrogen) atoms. The first-order valence-corrected chi connectivity index (χ1v) is 0. The van der Waals surface area contributed by atoms with Crippen molar-refractivity contribution in [2.45, 2.75) is 0 Å². The largest absolute Gasteiger partial charge is 0 e. The molecule has 0 spiro atoms. The molecular formula is H6DyGdMg2MnSnZn. The summed E-state index contributed by atoms with van der Waals surface area (Å²) in [5.41, 5.74) is 0. The molecule has 0 aliphatic heterocycles. The molecule has 0 unspecified atom stereocenters. The van der Waals surface area contributed by atoms with Crippen LogP contribution in [0.4, 0.5) is 0 Å². The van der Waals surface area contributed by atoms with Crippen molar-refractivity contribution in [3.8, 4) is 0 Å². The average molecular weight is 613 g/mol. The summed E-state index contributed by atoms with van der Waals surface area (Å²) in [7, 11) is 0. The average Bonchev–Trinajstić information content (AvgIpc) is 0. The summed E-state index contributed by atoms with van der Waals surface area (Å²) in [6, 6.07) is 0. The maximum absolute atomic E-state index is 0. The predicted molar refractivity (Wildman–Crippen MR) is 25.6 cm³/mol. The molecule has 0 heterocycles. The van der Waals surface area contributed by atoms with Gasteiger partial charge in [-0.3, -0.25) is 0 Å². The second-order valence-corrected chi connectivity index (χ2v) is 0. The molecule has 7 heteroatoms. The SMILES string of the molecule is [Dy].[Gd].[MgH2].[MgH2].[Mn].[SnH2].[Zn]. The topological polar surface area (TPSA) is 0 Å². The summed E-state index contributed by atoms with van der Waals surface area (Å²) in [5, 5.41) is 0. The van der Waals surface area contributed by atoms with Gasteiger partial charge in [0.2, 0.25) is 0 Å². The second-order valence-electron chi connectivity index (χ2n) is 0. The van der Waals surface area contributed by atoms with Crippen LogP contribution in [0.5, 0.6) is 0 Å². The summed E-state index contributed by atoms with van der Waals surface area (Å²) in [6.45, 7) is 0. The molecule has 0 N–H and O–H groups in total. The Kier molecular flexibility index (Phi) is 296. The molecule has 41 valence electrons. The van der Waals surface area contributed by atoms with Gasteiger partial charge in [-0.25, -0.2) is 0 Å². The maximum Gasteiger partial charge on any atom is 0 e. The van der Waals surface area contributed by atoms with Crippen LogP contribution < -0.4 is 0 Å². The van der Waals surface area contributed by atoms with Crippen molar-refractivity contribution in [2.75, 3.05) is 0 Å². The standard InChI is InChI=1S/Dy.Gd.2Mg.Mn.Sn.Zn.6H. The Labute approximate surface area is 179 Å². The molecule has 0 aliphatic rings. The van der Waals surface area contributed by atoms with E-state index in [4.69, 9.17) is 0 Å². The molecule has 0 aliphatic carbocycles. The van der Waals surface area contributed by atoms with E-state index in [1.807, 2.05) is 0 Å². The fraction of sp³-hybridized carbons (Fsp3) is 0. The van der Waals surface area contributed by atoms with Crippen LogP contribution in [0.2, 0.25) is 0 Å². The van der Waals surface area contributed by atoms with E-state index in [-0.39, 0.29) is 185 Å². The molecule has 0 aromatic rings. The van der Waals surface area contributed by atoms with Crippen LogP contribution in [-0.2, 0) is 36.5 Å². The summed E-state index contributed by atoms with van der Waals surface area (Å²) >= 11 is 0. The first-order chi connectivity index (χ1) is 0. The molecule has 0 atom stereocenters. The fourth-order valence-electron chi connectivity index (χ4n) is 0. The Morgan fingerprint density at radius 1 is 0.857 bits per heavy atom. The van der Waals surface area contributed by atoms with Crippen molar-refractivity contribution in [3.05, 3.63) is 0 Å². The monoisotopic (exact) mass is 615 g/mol. The molecule has 0 nitrogen and oxygen atoms in total. The smallest absolute Gasteiger partial charge is 0 e. The Balaban J connectivity index is 0. The Morgan fingerprint density at radius 3 is 0.857 bits per heavy atom. The van der Waals surface area contributed by atoms with E-state index in [1.54, 1.807) is 0 Å². The first-order valence-electron chi connectivity index (χ1n) is 0. The van der Waals surface area contributed by atoms with Gasteiger partial charge in [-0.05, 0) is 0 Å². The Morgan fingerprint density at radius 2 is 0.857 bits per heavy atom. The van der Waals surface area contributed by atoms with E-state index >= 15 is 0 Å². The molecule has 0 saturated heterocycles. The maximum atomic E-state index is 0. The minimum Gasteiger partial charge on any atom is 0 e. The van der Waals surface area contributed by atoms with Gasteiger partial charge in [0.25, 0.3) is 0 Å². The summed E-state index contributed by atoms with van der Waals surface area (Å²) in [6.07, 6.45) is 0. The van der Waals surface area contributed by atoms with Crippen LogP contribution in [0.1, 0.15) is 0 Å². The number of hydrogen-bond acceptors (Lipinski definition) is 0. The minimum atomic E-state index is 0. The van der Waals surface area contributed by atoms with E-state index in [1.165, 1.54) is 0 Å². The van der Waals surface area contributed by atoms with Gasteiger partial charge < -0.3 is 0 Å². The van der Waals surface area contributed by atoms with Crippen molar-refractivity contribution < 1.29 is 115 Å². The van der Waals surface area contributed by atoms with E-state index < -0.39 is 0 Å².